The monoisotopic (exact) mass is 1030 g/mol. The van der Waals surface area contributed by atoms with Gasteiger partial charge in [-0.1, -0.05) is 12.1 Å². The number of ether oxygens (including phenoxy) is 2. The van der Waals surface area contributed by atoms with E-state index in [-0.39, 0.29) is 42.9 Å². The average Bonchev–Trinajstić information content (AvgIpc) is 4.31. The van der Waals surface area contributed by atoms with E-state index in [1.807, 2.05) is 58.0 Å². The van der Waals surface area contributed by atoms with Crippen LogP contribution in [0.3, 0.4) is 0 Å². The fourth-order valence-electron chi connectivity index (χ4n) is 11.4. The van der Waals surface area contributed by atoms with Crippen molar-refractivity contribution in [2.45, 2.75) is 50.2 Å². The molecule has 2 amide bonds. The van der Waals surface area contributed by atoms with Crippen LogP contribution in [0.5, 0.6) is 5.75 Å². The standard InChI is InChI=1S/C55H52F3N13O5/c56-32-9-15-70-43(28-61-48(70)23-32)35-3-5-41(49-37(35)26-63-53(49)73)65-46-7-1-33(24-59-46)68-17-12-55(13-18-68,31-67-19-21-75-22-20-67)76-51-40(58)11-16-71-44(29-62-52(51)71)36-4-6-42(50-38(36)27-64-54(50)74)66-47-8-2-34(25-60-47)69-14-10-39(57)45(72)30-69/h1-9,11,15-16,23-25,28-29,39,45,72H,10,12-14,17-22,26-27,30-31H2,(H,59,65)(H,60,66)(H,63,73)(H,64,74)/t39-,45-/m1/s1. The van der Waals surface area contributed by atoms with Crippen LogP contribution < -0.4 is 35.8 Å². The summed E-state index contributed by atoms with van der Waals surface area (Å²) in [5.41, 5.74) is 8.37. The van der Waals surface area contributed by atoms with Crippen molar-refractivity contribution in [2.24, 2.45) is 0 Å². The van der Waals surface area contributed by atoms with Gasteiger partial charge in [-0.05, 0) is 66.1 Å². The van der Waals surface area contributed by atoms with Gasteiger partial charge in [-0.2, -0.15) is 0 Å². The fourth-order valence-corrected chi connectivity index (χ4v) is 11.4. The summed E-state index contributed by atoms with van der Waals surface area (Å²) in [6.45, 7) is 5.65. The molecule has 0 radical (unpaired) electrons. The Balaban J connectivity index is 0.730. The van der Waals surface area contributed by atoms with Crippen LogP contribution in [0.1, 0.15) is 51.1 Å². The number of nitrogens with one attached hydrogen (secondary N) is 4. The molecule has 11 heterocycles. The van der Waals surface area contributed by atoms with Crippen molar-refractivity contribution in [1.29, 1.82) is 0 Å². The number of aromatic nitrogens is 6. The van der Waals surface area contributed by atoms with Crippen molar-refractivity contribution in [1.82, 2.24) is 44.3 Å². The van der Waals surface area contributed by atoms with Gasteiger partial charge in [-0.25, -0.2) is 33.1 Å². The zero-order chi connectivity index (χ0) is 51.7. The normalized spacial score (nSPS) is 19.4. The number of halogens is 3. The van der Waals surface area contributed by atoms with E-state index in [9.17, 15) is 23.5 Å². The average molecular weight is 1030 g/mol. The second-order valence-corrected chi connectivity index (χ2v) is 20.0. The molecule has 2 atom stereocenters. The van der Waals surface area contributed by atoms with Crippen LogP contribution in [0.15, 0.2) is 104 Å². The molecule has 0 aliphatic carbocycles. The Labute approximate surface area is 433 Å². The van der Waals surface area contributed by atoms with E-state index in [0.717, 1.165) is 52.4 Å². The van der Waals surface area contributed by atoms with E-state index in [2.05, 4.69) is 41.0 Å². The zero-order valence-electron chi connectivity index (χ0n) is 41.1. The first-order chi connectivity index (χ1) is 37.0. The molecule has 18 nitrogen and oxygen atoms in total. The Kier molecular flexibility index (Phi) is 11.9. The smallest absolute Gasteiger partial charge is 0.254 e. The van der Waals surface area contributed by atoms with Crippen molar-refractivity contribution in [3.63, 3.8) is 0 Å². The molecule has 0 unspecified atom stereocenters. The number of carbonyl (C=O) groups is 2. The predicted octanol–water partition coefficient (Wildman–Crippen LogP) is 7.02. The van der Waals surface area contributed by atoms with Crippen LogP contribution in [0, 0.1) is 11.6 Å². The maximum absolute atomic E-state index is 16.3. The van der Waals surface area contributed by atoms with Gasteiger partial charge in [0.1, 0.15) is 41.0 Å². The molecule has 8 aromatic rings. The number of pyridine rings is 4. The molecule has 76 heavy (non-hydrogen) atoms. The molecule has 0 saturated carbocycles. The van der Waals surface area contributed by atoms with E-state index < -0.39 is 23.7 Å². The van der Waals surface area contributed by atoms with E-state index in [4.69, 9.17) is 19.4 Å². The van der Waals surface area contributed by atoms with E-state index in [1.54, 1.807) is 41.5 Å². The van der Waals surface area contributed by atoms with Gasteiger partial charge < -0.3 is 45.6 Å². The minimum absolute atomic E-state index is 0.0527. The van der Waals surface area contributed by atoms with Crippen molar-refractivity contribution < 1.29 is 37.3 Å². The Morgan fingerprint density at radius 1 is 0.711 bits per heavy atom. The fraction of sp³-hybridized carbons (Fsp3) is 0.309. The minimum Gasteiger partial charge on any atom is -0.479 e. The summed E-state index contributed by atoms with van der Waals surface area (Å²) < 4.78 is 60.5. The molecule has 3 saturated heterocycles. The summed E-state index contributed by atoms with van der Waals surface area (Å²) in [6, 6.07) is 19.2. The summed E-state index contributed by atoms with van der Waals surface area (Å²) in [5.74, 6) is -0.242. The third-order valence-corrected chi connectivity index (χ3v) is 15.4. The van der Waals surface area contributed by atoms with Gasteiger partial charge in [0, 0.05) is 101 Å². The molecular formula is C55H52F3N13O5. The lowest BCUT2D eigenvalue weighted by Crippen LogP contribution is -2.56. The number of alkyl halides is 1. The predicted molar refractivity (Wildman–Crippen MR) is 278 cm³/mol. The molecule has 5 aliphatic heterocycles. The van der Waals surface area contributed by atoms with Crippen LogP contribution in [-0.2, 0) is 17.8 Å². The molecule has 388 valence electrons. The number of carbonyl (C=O) groups excluding carboxylic acids is 2. The number of nitrogens with zero attached hydrogens (tertiary/aromatic N) is 9. The first-order valence-corrected chi connectivity index (χ1v) is 25.5. The van der Waals surface area contributed by atoms with Crippen molar-refractivity contribution in [2.75, 3.05) is 79.5 Å². The molecule has 5 N–H and O–H groups in total. The quantitative estimate of drug-likeness (QED) is 0.0840. The molecule has 0 spiro atoms. The van der Waals surface area contributed by atoms with Crippen LogP contribution >= 0.6 is 0 Å². The first-order valence-electron chi connectivity index (χ1n) is 25.5. The number of aliphatic hydroxyl groups excluding tert-OH is 1. The minimum atomic E-state index is -1.24. The SMILES string of the molecule is O=C1NCc2c(-c3cnc4cc(F)ccn34)ccc(Nc3ccc(N4CCC(CN5CCOCC5)(Oc5c(F)ccn6c(-c7ccc(Nc8ccc(N9CC[C@@H](F)[C@H](O)C9)cn8)c8c7CNC8=O)cnc56)CC4)cn3)c21. The molecule has 13 rings (SSSR count). The number of aliphatic hydroxyl groups is 1. The van der Waals surface area contributed by atoms with Gasteiger partial charge in [0.05, 0.1) is 83.3 Å². The number of piperidine rings is 2. The third kappa shape index (κ3) is 8.62. The van der Waals surface area contributed by atoms with E-state index in [0.29, 0.717) is 110 Å². The second-order valence-electron chi connectivity index (χ2n) is 20.0. The summed E-state index contributed by atoms with van der Waals surface area (Å²) in [5, 5.41) is 22.6. The Bertz CT molecular complexity index is 3560. The van der Waals surface area contributed by atoms with Gasteiger partial charge in [0.15, 0.2) is 17.2 Å². The molecular weight excluding hydrogens is 980 g/mol. The molecule has 2 aromatic carbocycles. The number of hydrogen-bond donors (Lipinski definition) is 5. The van der Waals surface area contributed by atoms with Crippen LogP contribution in [0.25, 0.3) is 33.8 Å². The Hall–Kier alpha value is -8.27. The van der Waals surface area contributed by atoms with Crippen molar-refractivity contribution >= 4 is 57.5 Å². The summed E-state index contributed by atoms with van der Waals surface area (Å²) in [7, 11) is 0. The number of fused-ring (bicyclic) bond motifs is 4. The number of β-amino-alcohol motifs (C(OH)–C–C–N with tert-alkyl or cyclic N) is 1. The van der Waals surface area contributed by atoms with Crippen LogP contribution in [-0.4, -0.2) is 127 Å². The number of amides is 2. The molecule has 6 aromatic heterocycles. The molecule has 21 heteroatoms. The first kappa shape index (κ1) is 47.4. The lowest BCUT2D eigenvalue weighted by molar-refractivity contribution is -0.0302. The van der Waals surface area contributed by atoms with Gasteiger partial charge >= 0.3 is 0 Å². The number of imidazole rings is 2. The largest absolute Gasteiger partial charge is 0.479 e. The number of morpholine rings is 1. The van der Waals surface area contributed by atoms with Gasteiger partial charge in [-0.15, -0.1) is 0 Å². The number of hydrogen-bond acceptors (Lipinski definition) is 14. The summed E-state index contributed by atoms with van der Waals surface area (Å²) in [6.07, 6.45) is 9.19. The Morgan fingerprint density at radius 3 is 1.96 bits per heavy atom. The van der Waals surface area contributed by atoms with E-state index in [1.165, 1.54) is 18.2 Å². The van der Waals surface area contributed by atoms with Crippen molar-refractivity contribution in [3.05, 3.63) is 138 Å². The highest BCUT2D eigenvalue weighted by Crippen LogP contribution is 2.41. The van der Waals surface area contributed by atoms with Crippen LogP contribution in [0.2, 0.25) is 0 Å². The summed E-state index contributed by atoms with van der Waals surface area (Å²) >= 11 is 0. The zero-order valence-corrected chi connectivity index (χ0v) is 41.1. The van der Waals surface area contributed by atoms with Crippen LogP contribution in [0.4, 0.5) is 47.6 Å². The molecule has 3 fully saturated rings. The second kappa shape index (κ2) is 19.1. The molecule has 5 aliphatic rings. The Morgan fingerprint density at radius 2 is 1.33 bits per heavy atom. The third-order valence-electron chi connectivity index (χ3n) is 15.4. The van der Waals surface area contributed by atoms with Crippen molar-refractivity contribution in [3.8, 4) is 28.3 Å². The lowest BCUT2D eigenvalue weighted by atomic mass is 9.89. The van der Waals surface area contributed by atoms with E-state index >= 15 is 4.39 Å². The topological polar surface area (TPSA) is 191 Å². The lowest BCUT2D eigenvalue weighted by Gasteiger charge is -2.45. The maximum atomic E-state index is 16.3. The van der Waals surface area contributed by atoms with Gasteiger partial charge in [0.25, 0.3) is 11.8 Å². The number of benzene rings is 2. The highest BCUT2D eigenvalue weighted by Gasteiger charge is 2.41. The van der Waals surface area contributed by atoms with Gasteiger partial charge in [0.2, 0.25) is 0 Å². The molecule has 0 bridgehead atoms. The summed E-state index contributed by atoms with van der Waals surface area (Å²) in [4.78, 5) is 51.6. The maximum Gasteiger partial charge on any atom is 0.254 e. The van der Waals surface area contributed by atoms with Gasteiger partial charge in [-0.3, -0.25) is 23.3 Å². The number of rotatable bonds is 12. The highest BCUT2D eigenvalue weighted by atomic mass is 19.1. The highest BCUT2D eigenvalue weighted by molar-refractivity contribution is 6.07. The number of anilines is 6.